The van der Waals surface area contributed by atoms with Crippen molar-refractivity contribution < 1.29 is 17.9 Å². The molecule has 2 rings (SSSR count). The number of nitrogens with one attached hydrogen (secondary N) is 1. The van der Waals surface area contributed by atoms with Crippen LogP contribution in [0, 0.1) is 12.8 Å². The van der Waals surface area contributed by atoms with Crippen molar-refractivity contribution in [2.75, 3.05) is 13.7 Å². The molecule has 1 aromatic carbocycles. The normalized spacial score (nSPS) is 21.9. The van der Waals surface area contributed by atoms with Gasteiger partial charge in [-0.2, -0.15) is 0 Å². The third-order valence-electron chi connectivity index (χ3n) is 4.44. The fourth-order valence-corrected chi connectivity index (χ4v) is 4.38. The van der Waals surface area contributed by atoms with Crippen molar-refractivity contribution in [2.45, 2.75) is 43.5 Å². The van der Waals surface area contributed by atoms with Gasteiger partial charge in [0.15, 0.2) is 0 Å². The zero-order valence-corrected chi connectivity index (χ0v) is 14.4. The van der Waals surface area contributed by atoms with E-state index in [-0.39, 0.29) is 22.4 Å². The highest BCUT2D eigenvalue weighted by Crippen LogP contribution is 2.25. The summed E-state index contributed by atoms with van der Waals surface area (Å²) in [7, 11) is -2.42. The minimum absolute atomic E-state index is 0.0739. The second kappa shape index (κ2) is 7.42. The van der Waals surface area contributed by atoms with Crippen molar-refractivity contribution >= 4 is 16.0 Å². The number of rotatable bonds is 5. The minimum Gasteiger partial charge on any atom is -0.465 e. The molecule has 0 saturated heterocycles. The quantitative estimate of drug-likeness (QED) is 0.793. The van der Waals surface area contributed by atoms with Crippen molar-refractivity contribution in [3.05, 3.63) is 29.3 Å². The molecule has 1 fully saturated rings. The molecule has 23 heavy (non-hydrogen) atoms. The van der Waals surface area contributed by atoms with Crippen molar-refractivity contribution in [3.63, 3.8) is 0 Å². The van der Waals surface area contributed by atoms with Gasteiger partial charge in [0.05, 0.1) is 17.6 Å². The Morgan fingerprint density at radius 1 is 1.35 bits per heavy atom. The molecule has 0 aromatic heterocycles. The topological polar surface area (TPSA) is 98.5 Å². The molecule has 1 aliphatic rings. The van der Waals surface area contributed by atoms with Gasteiger partial charge < -0.3 is 10.5 Å². The fraction of sp³-hybridized carbons (Fsp3) is 0.562. The lowest BCUT2D eigenvalue weighted by Crippen LogP contribution is -2.44. The monoisotopic (exact) mass is 340 g/mol. The molecular weight excluding hydrogens is 316 g/mol. The smallest absolute Gasteiger partial charge is 0.338 e. The van der Waals surface area contributed by atoms with Gasteiger partial charge in [0.1, 0.15) is 0 Å². The van der Waals surface area contributed by atoms with Gasteiger partial charge in [-0.3, -0.25) is 0 Å². The molecule has 1 aromatic rings. The largest absolute Gasteiger partial charge is 0.465 e. The Morgan fingerprint density at radius 2 is 2.04 bits per heavy atom. The van der Waals surface area contributed by atoms with Gasteiger partial charge in [0, 0.05) is 6.04 Å². The molecule has 3 N–H and O–H groups in total. The van der Waals surface area contributed by atoms with E-state index in [1.165, 1.54) is 19.2 Å². The van der Waals surface area contributed by atoms with Crippen LogP contribution in [-0.2, 0) is 14.8 Å². The Bertz CT molecular complexity index is 673. The second-order valence-electron chi connectivity index (χ2n) is 5.98. The molecular formula is C16H24N2O4S. The van der Waals surface area contributed by atoms with Crippen LogP contribution >= 0.6 is 0 Å². The van der Waals surface area contributed by atoms with Gasteiger partial charge in [0.2, 0.25) is 10.0 Å². The zero-order chi connectivity index (χ0) is 17.0. The predicted molar refractivity (Wildman–Crippen MR) is 87.6 cm³/mol. The number of aryl methyl sites for hydroxylation is 1. The SMILES string of the molecule is COC(=O)c1cc(S(=O)(=O)NC2CCCCC2CN)ccc1C. The number of methoxy groups -OCH3 is 1. The van der Waals surface area contributed by atoms with Crippen molar-refractivity contribution in [1.82, 2.24) is 4.72 Å². The summed E-state index contributed by atoms with van der Waals surface area (Å²) < 4.78 is 32.7. The van der Waals surface area contributed by atoms with Crippen LogP contribution in [0.25, 0.3) is 0 Å². The average Bonchev–Trinajstić information content (AvgIpc) is 2.54. The molecule has 0 aliphatic heterocycles. The Hall–Kier alpha value is -1.44. The number of sulfonamides is 1. The molecule has 2 unspecified atom stereocenters. The first-order valence-electron chi connectivity index (χ1n) is 7.80. The number of carbonyl (C=O) groups excluding carboxylic acids is 1. The number of ether oxygens (including phenoxy) is 1. The number of hydrogen-bond acceptors (Lipinski definition) is 5. The number of hydrogen-bond donors (Lipinski definition) is 2. The minimum atomic E-state index is -3.70. The highest BCUT2D eigenvalue weighted by atomic mass is 32.2. The Kier molecular flexibility index (Phi) is 5.78. The number of carbonyl (C=O) groups is 1. The van der Waals surface area contributed by atoms with Gasteiger partial charge in [-0.1, -0.05) is 18.9 Å². The summed E-state index contributed by atoms with van der Waals surface area (Å²) in [6.07, 6.45) is 3.80. The number of nitrogens with two attached hydrogens (primary N) is 1. The maximum Gasteiger partial charge on any atom is 0.338 e. The lowest BCUT2D eigenvalue weighted by molar-refractivity contribution is 0.0599. The number of esters is 1. The molecule has 128 valence electrons. The number of benzene rings is 1. The van der Waals surface area contributed by atoms with E-state index in [0.29, 0.717) is 12.1 Å². The third kappa shape index (κ3) is 4.10. The fourth-order valence-electron chi connectivity index (χ4n) is 3.01. The van der Waals surface area contributed by atoms with E-state index in [2.05, 4.69) is 4.72 Å². The van der Waals surface area contributed by atoms with E-state index < -0.39 is 16.0 Å². The summed E-state index contributed by atoms with van der Waals surface area (Å²) in [6.45, 7) is 2.20. The molecule has 0 spiro atoms. The zero-order valence-electron chi connectivity index (χ0n) is 13.5. The Labute approximate surface area is 137 Å². The van der Waals surface area contributed by atoms with E-state index in [1.54, 1.807) is 13.0 Å². The van der Waals surface area contributed by atoms with Crippen LogP contribution in [0.3, 0.4) is 0 Å². The summed E-state index contributed by atoms with van der Waals surface area (Å²) >= 11 is 0. The maximum atomic E-state index is 12.6. The van der Waals surface area contributed by atoms with E-state index in [9.17, 15) is 13.2 Å². The van der Waals surface area contributed by atoms with Gasteiger partial charge in [-0.15, -0.1) is 0 Å². The highest BCUT2D eigenvalue weighted by molar-refractivity contribution is 7.89. The first kappa shape index (κ1) is 17.9. The molecule has 0 radical (unpaired) electrons. The summed E-state index contributed by atoms with van der Waals surface area (Å²) in [5.41, 5.74) is 6.69. The van der Waals surface area contributed by atoms with E-state index in [4.69, 9.17) is 10.5 Å². The van der Waals surface area contributed by atoms with E-state index >= 15 is 0 Å². The van der Waals surface area contributed by atoms with Gasteiger partial charge >= 0.3 is 5.97 Å². The molecule has 0 amide bonds. The molecule has 7 heteroatoms. The molecule has 1 aliphatic carbocycles. The predicted octanol–water partition coefficient (Wildman–Crippen LogP) is 1.58. The Balaban J connectivity index is 2.27. The van der Waals surface area contributed by atoms with Crippen molar-refractivity contribution in [1.29, 1.82) is 0 Å². The maximum absolute atomic E-state index is 12.6. The molecule has 0 heterocycles. The lowest BCUT2D eigenvalue weighted by atomic mass is 9.85. The third-order valence-corrected chi connectivity index (χ3v) is 5.93. The second-order valence-corrected chi connectivity index (χ2v) is 7.69. The van der Waals surface area contributed by atoms with Crippen LogP contribution in [-0.4, -0.2) is 34.1 Å². The average molecular weight is 340 g/mol. The first-order chi connectivity index (χ1) is 10.9. The summed E-state index contributed by atoms with van der Waals surface area (Å²) in [5.74, 6) is -0.388. The molecule has 2 atom stereocenters. The molecule has 0 bridgehead atoms. The first-order valence-corrected chi connectivity index (χ1v) is 9.28. The highest BCUT2D eigenvalue weighted by Gasteiger charge is 2.29. The summed E-state index contributed by atoms with van der Waals surface area (Å²) in [6, 6.07) is 4.33. The van der Waals surface area contributed by atoms with Crippen LogP contribution in [0.5, 0.6) is 0 Å². The lowest BCUT2D eigenvalue weighted by Gasteiger charge is -2.31. The van der Waals surface area contributed by atoms with Gasteiger partial charge in [0.25, 0.3) is 0 Å². The standard InChI is InChI=1S/C16H24N2O4S/c1-11-7-8-13(9-14(11)16(19)22-2)23(20,21)18-15-6-4-3-5-12(15)10-17/h7-9,12,15,18H,3-6,10,17H2,1-2H3. The Morgan fingerprint density at radius 3 is 2.70 bits per heavy atom. The van der Waals surface area contributed by atoms with Gasteiger partial charge in [-0.05, 0) is 49.9 Å². The van der Waals surface area contributed by atoms with Crippen LogP contribution in [0.15, 0.2) is 23.1 Å². The summed E-state index contributed by atoms with van der Waals surface area (Å²) in [5, 5.41) is 0. The van der Waals surface area contributed by atoms with E-state index in [1.807, 2.05) is 0 Å². The van der Waals surface area contributed by atoms with Gasteiger partial charge in [-0.25, -0.2) is 17.9 Å². The van der Waals surface area contributed by atoms with Crippen molar-refractivity contribution in [2.24, 2.45) is 11.7 Å². The molecule has 1 saturated carbocycles. The van der Waals surface area contributed by atoms with Crippen molar-refractivity contribution in [3.8, 4) is 0 Å². The van der Waals surface area contributed by atoms with Crippen LogP contribution in [0.2, 0.25) is 0 Å². The van der Waals surface area contributed by atoms with Crippen LogP contribution in [0.1, 0.15) is 41.6 Å². The van der Waals surface area contributed by atoms with Crippen LogP contribution in [0.4, 0.5) is 0 Å². The molecule has 6 nitrogen and oxygen atoms in total. The van der Waals surface area contributed by atoms with E-state index in [0.717, 1.165) is 25.7 Å². The van der Waals surface area contributed by atoms with Crippen LogP contribution < -0.4 is 10.5 Å². The summed E-state index contributed by atoms with van der Waals surface area (Å²) in [4.78, 5) is 11.8.